The van der Waals surface area contributed by atoms with Crippen LogP contribution in [0, 0.1) is 5.92 Å². The van der Waals surface area contributed by atoms with Crippen LogP contribution in [-0.2, 0) is 17.6 Å². The Labute approximate surface area is 204 Å². The standard InChI is InChI=1S/C31H36N2O/c34-30(23-32-29(26-15-6-2-7-16-26)22-24-12-4-1-5-13-24)33-21-20-25-14-10-11-19-28(25)31(33)27-17-8-3-9-18-27/h1-2,4-7,10-16,19,27,29,31-32H,3,8-9,17-18,20-23H2/t29-,31?/m1/s1. The first-order valence-electron chi connectivity index (χ1n) is 13.0. The molecule has 0 saturated heterocycles. The van der Waals surface area contributed by atoms with Crippen molar-refractivity contribution in [1.29, 1.82) is 0 Å². The number of fused-ring (bicyclic) bond motifs is 1. The van der Waals surface area contributed by atoms with Crippen molar-refractivity contribution in [3.05, 3.63) is 107 Å². The lowest BCUT2D eigenvalue weighted by Crippen LogP contribution is -2.47. The molecule has 2 aliphatic rings. The van der Waals surface area contributed by atoms with Gasteiger partial charge in [-0.05, 0) is 53.9 Å². The highest BCUT2D eigenvalue weighted by Gasteiger charge is 2.36. The molecule has 1 fully saturated rings. The molecule has 0 aromatic heterocycles. The third-order valence-corrected chi connectivity index (χ3v) is 7.73. The number of amides is 1. The molecule has 3 aromatic rings. The summed E-state index contributed by atoms with van der Waals surface area (Å²) >= 11 is 0. The number of nitrogens with one attached hydrogen (secondary N) is 1. The quantitative estimate of drug-likeness (QED) is 0.458. The summed E-state index contributed by atoms with van der Waals surface area (Å²) in [6, 6.07) is 30.2. The van der Waals surface area contributed by atoms with Gasteiger partial charge in [0.05, 0.1) is 12.6 Å². The molecule has 1 aliphatic carbocycles. The number of carbonyl (C=O) groups is 1. The third kappa shape index (κ3) is 5.26. The molecule has 1 aliphatic heterocycles. The van der Waals surface area contributed by atoms with Crippen LogP contribution in [0.1, 0.15) is 66.4 Å². The van der Waals surface area contributed by atoms with Crippen LogP contribution in [0.4, 0.5) is 0 Å². The monoisotopic (exact) mass is 452 g/mol. The average molecular weight is 453 g/mol. The fraction of sp³-hybridized carbons (Fsp3) is 0.387. The Balaban J connectivity index is 1.34. The number of hydrogen-bond donors (Lipinski definition) is 1. The smallest absolute Gasteiger partial charge is 0.237 e. The van der Waals surface area contributed by atoms with Crippen LogP contribution in [0.2, 0.25) is 0 Å². The second-order valence-corrected chi connectivity index (χ2v) is 9.91. The zero-order valence-electron chi connectivity index (χ0n) is 20.0. The highest BCUT2D eigenvalue weighted by atomic mass is 16.2. The normalized spacial score (nSPS) is 19.4. The minimum atomic E-state index is 0.109. The van der Waals surface area contributed by atoms with Crippen molar-refractivity contribution in [3.63, 3.8) is 0 Å². The van der Waals surface area contributed by atoms with Gasteiger partial charge in [-0.15, -0.1) is 0 Å². The first kappa shape index (κ1) is 22.9. The molecule has 3 aromatic carbocycles. The molecule has 1 saturated carbocycles. The van der Waals surface area contributed by atoms with Crippen molar-refractivity contribution in [2.75, 3.05) is 13.1 Å². The van der Waals surface area contributed by atoms with Gasteiger partial charge >= 0.3 is 0 Å². The largest absolute Gasteiger partial charge is 0.334 e. The van der Waals surface area contributed by atoms with Gasteiger partial charge in [-0.3, -0.25) is 4.79 Å². The highest BCUT2D eigenvalue weighted by Crippen LogP contribution is 2.42. The fourth-order valence-electron chi connectivity index (χ4n) is 5.99. The fourth-order valence-corrected chi connectivity index (χ4v) is 5.99. The Bertz CT molecular complexity index is 1060. The van der Waals surface area contributed by atoms with Crippen LogP contribution in [-0.4, -0.2) is 23.9 Å². The first-order valence-corrected chi connectivity index (χ1v) is 13.0. The van der Waals surface area contributed by atoms with Gasteiger partial charge in [-0.2, -0.15) is 0 Å². The van der Waals surface area contributed by atoms with Crippen molar-refractivity contribution in [3.8, 4) is 0 Å². The molecule has 3 heteroatoms. The second kappa shape index (κ2) is 11.0. The van der Waals surface area contributed by atoms with Crippen molar-refractivity contribution in [2.45, 2.75) is 57.0 Å². The number of nitrogens with zero attached hydrogens (tertiary/aromatic N) is 1. The molecular weight excluding hydrogens is 416 g/mol. The van der Waals surface area contributed by atoms with Crippen LogP contribution < -0.4 is 5.32 Å². The van der Waals surface area contributed by atoms with Crippen LogP contribution in [0.5, 0.6) is 0 Å². The number of rotatable bonds is 7. The van der Waals surface area contributed by atoms with Crippen LogP contribution >= 0.6 is 0 Å². The van der Waals surface area contributed by atoms with Crippen molar-refractivity contribution < 1.29 is 4.79 Å². The zero-order chi connectivity index (χ0) is 23.2. The van der Waals surface area contributed by atoms with Gasteiger partial charge in [0.15, 0.2) is 0 Å². The van der Waals surface area contributed by atoms with Crippen LogP contribution in [0.3, 0.4) is 0 Å². The SMILES string of the molecule is O=C(CN[C@H](Cc1ccccc1)c1ccccc1)N1CCc2ccccc2C1C1CCCCC1. The van der Waals surface area contributed by atoms with E-state index in [2.05, 4.69) is 89.1 Å². The summed E-state index contributed by atoms with van der Waals surface area (Å²) in [4.78, 5) is 15.9. The van der Waals surface area contributed by atoms with Crippen molar-refractivity contribution in [1.82, 2.24) is 10.2 Å². The summed E-state index contributed by atoms with van der Waals surface area (Å²) < 4.78 is 0. The van der Waals surface area contributed by atoms with Gasteiger partial charge in [0.25, 0.3) is 0 Å². The van der Waals surface area contributed by atoms with Gasteiger partial charge < -0.3 is 10.2 Å². The number of benzene rings is 3. The van der Waals surface area contributed by atoms with Crippen molar-refractivity contribution >= 4 is 5.91 Å². The summed E-state index contributed by atoms with van der Waals surface area (Å²) in [6.45, 7) is 1.20. The summed E-state index contributed by atoms with van der Waals surface area (Å²) in [7, 11) is 0. The maximum atomic E-state index is 13.7. The second-order valence-electron chi connectivity index (χ2n) is 9.91. The lowest BCUT2D eigenvalue weighted by molar-refractivity contribution is -0.135. The first-order chi connectivity index (χ1) is 16.8. The van der Waals surface area contributed by atoms with E-state index in [4.69, 9.17) is 0 Å². The van der Waals surface area contributed by atoms with E-state index >= 15 is 0 Å². The van der Waals surface area contributed by atoms with Gasteiger partial charge in [-0.25, -0.2) is 0 Å². The Morgan fingerprint density at radius 3 is 2.29 bits per heavy atom. The summed E-state index contributed by atoms with van der Waals surface area (Å²) in [6.07, 6.45) is 8.20. The van der Waals surface area contributed by atoms with E-state index in [1.807, 2.05) is 6.07 Å². The molecule has 3 nitrogen and oxygen atoms in total. The van der Waals surface area contributed by atoms with E-state index in [0.29, 0.717) is 12.5 Å². The molecule has 176 valence electrons. The minimum absolute atomic E-state index is 0.109. The zero-order valence-corrected chi connectivity index (χ0v) is 20.0. The lowest BCUT2D eigenvalue weighted by Gasteiger charge is -2.43. The van der Waals surface area contributed by atoms with Crippen LogP contribution in [0.25, 0.3) is 0 Å². The highest BCUT2D eigenvalue weighted by molar-refractivity contribution is 5.79. The Morgan fingerprint density at radius 1 is 0.853 bits per heavy atom. The Morgan fingerprint density at radius 2 is 1.53 bits per heavy atom. The van der Waals surface area contributed by atoms with E-state index < -0.39 is 0 Å². The predicted octanol–water partition coefficient (Wildman–Crippen LogP) is 6.27. The maximum absolute atomic E-state index is 13.7. The summed E-state index contributed by atoms with van der Waals surface area (Å²) in [5, 5.41) is 3.64. The minimum Gasteiger partial charge on any atom is -0.334 e. The van der Waals surface area contributed by atoms with E-state index in [0.717, 1.165) is 19.4 Å². The van der Waals surface area contributed by atoms with Gasteiger partial charge in [-0.1, -0.05) is 104 Å². The molecule has 0 spiro atoms. The molecule has 0 radical (unpaired) electrons. The molecule has 0 bridgehead atoms. The van der Waals surface area contributed by atoms with Gasteiger partial charge in [0.2, 0.25) is 5.91 Å². The Hall–Kier alpha value is -2.91. The van der Waals surface area contributed by atoms with Crippen molar-refractivity contribution in [2.24, 2.45) is 5.92 Å². The molecule has 1 amide bonds. The summed E-state index contributed by atoms with van der Waals surface area (Å²) in [5.41, 5.74) is 5.33. The average Bonchev–Trinajstić information content (AvgIpc) is 2.91. The predicted molar refractivity (Wildman–Crippen MR) is 139 cm³/mol. The molecule has 1 N–H and O–H groups in total. The molecule has 34 heavy (non-hydrogen) atoms. The van der Waals surface area contributed by atoms with Gasteiger partial charge in [0, 0.05) is 12.6 Å². The topological polar surface area (TPSA) is 32.3 Å². The van der Waals surface area contributed by atoms with E-state index in [1.54, 1.807) is 0 Å². The molecule has 5 rings (SSSR count). The molecule has 1 heterocycles. The molecule has 2 atom stereocenters. The van der Waals surface area contributed by atoms with E-state index in [-0.39, 0.29) is 18.0 Å². The third-order valence-electron chi connectivity index (χ3n) is 7.73. The maximum Gasteiger partial charge on any atom is 0.237 e. The van der Waals surface area contributed by atoms with E-state index in [9.17, 15) is 4.79 Å². The molecule has 1 unspecified atom stereocenters. The lowest BCUT2D eigenvalue weighted by atomic mass is 9.77. The van der Waals surface area contributed by atoms with Crippen LogP contribution in [0.15, 0.2) is 84.9 Å². The number of hydrogen-bond acceptors (Lipinski definition) is 2. The summed E-state index contributed by atoms with van der Waals surface area (Å²) in [5.74, 6) is 0.812. The molecular formula is C31H36N2O. The van der Waals surface area contributed by atoms with Gasteiger partial charge in [0.1, 0.15) is 0 Å². The Kier molecular flexibility index (Phi) is 7.40. The van der Waals surface area contributed by atoms with E-state index in [1.165, 1.54) is 54.4 Å². The number of carbonyl (C=O) groups excluding carboxylic acids is 1.